The molecule has 0 fully saturated rings. The van der Waals surface area contributed by atoms with Crippen LogP contribution in [0.4, 0.5) is 0 Å². The van der Waals surface area contributed by atoms with Crippen LogP contribution in [-0.2, 0) is 19.6 Å². The second-order valence-corrected chi connectivity index (χ2v) is 11.1. The molecule has 0 bridgehead atoms. The van der Waals surface area contributed by atoms with Crippen LogP contribution in [0, 0.1) is 6.92 Å². The van der Waals surface area contributed by atoms with Gasteiger partial charge in [-0.05, 0) is 25.5 Å². The highest BCUT2D eigenvalue weighted by Gasteiger charge is 2.72. The van der Waals surface area contributed by atoms with Crippen molar-refractivity contribution in [3.8, 4) is 0 Å². The van der Waals surface area contributed by atoms with Crippen LogP contribution in [0.1, 0.15) is 18.9 Å². The number of hydrogen-bond acceptors (Lipinski definition) is 4. The number of halogens is 6. The number of ether oxygens (including phenoxy) is 1. The smallest absolute Gasteiger partial charge is 0.243 e. The molecule has 0 amide bonds. The van der Waals surface area contributed by atoms with Crippen LogP contribution in [-0.4, -0.2) is 35.2 Å². The normalized spacial score (nSPS) is 24.5. The average molecular weight is 530 g/mol. The molecule has 0 heterocycles. The van der Waals surface area contributed by atoms with Crippen molar-refractivity contribution in [2.24, 2.45) is 0 Å². The standard InChI is InChI=1S/C16H15Cl6NO4S/c1-3-8-27-15(23-28(25,26)10-6-4-9(2)5-7-10)12(18)11(17)13(24)14(19,20)16(15,21)22/h4-7,23H,3,8H2,1-2H3. The van der Waals surface area contributed by atoms with E-state index in [0.717, 1.165) is 5.56 Å². The van der Waals surface area contributed by atoms with E-state index in [0.29, 0.717) is 6.42 Å². The Labute approximate surface area is 193 Å². The first-order valence-electron chi connectivity index (χ1n) is 7.85. The molecule has 1 aliphatic carbocycles. The number of aryl methyl sites for hydroxylation is 1. The SMILES string of the molecule is CCCOC1(NS(=O)(=O)c2ccc(C)cc2)C(Cl)=C(Cl)C(=O)C(Cl)(Cl)C1(Cl)Cl. The lowest BCUT2D eigenvalue weighted by atomic mass is 9.95. The van der Waals surface area contributed by atoms with E-state index in [4.69, 9.17) is 74.3 Å². The summed E-state index contributed by atoms with van der Waals surface area (Å²) >= 11 is 37.1. The Morgan fingerprint density at radius 3 is 2.11 bits per heavy atom. The van der Waals surface area contributed by atoms with Crippen molar-refractivity contribution in [2.75, 3.05) is 6.61 Å². The highest BCUT2D eigenvalue weighted by Crippen LogP contribution is 2.59. The van der Waals surface area contributed by atoms with Gasteiger partial charge in [0.25, 0.3) is 0 Å². The minimum absolute atomic E-state index is 0.0595. The lowest BCUT2D eigenvalue weighted by Gasteiger charge is -2.49. The summed E-state index contributed by atoms with van der Waals surface area (Å²) in [6.45, 7) is 3.48. The van der Waals surface area contributed by atoms with Gasteiger partial charge in [0, 0.05) is 6.61 Å². The van der Waals surface area contributed by atoms with E-state index in [9.17, 15) is 13.2 Å². The molecule has 28 heavy (non-hydrogen) atoms. The number of hydrogen-bond donors (Lipinski definition) is 1. The van der Waals surface area contributed by atoms with E-state index in [1.807, 2.05) is 0 Å². The van der Waals surface area contributed by atoms with Gasteiger partial charge in [-0.2, -0.15) is 4.72 Å². The van der Waals surface area contributed by atoms with E-state index >= 15 is 0 Å². The molecule has 1 atom stereocenters. The van der Waals surface area contributed by atoms with Gasteiger partial charge in [-0.25, -0.2) is 8.42 Å². The number of alkyl halides is 4. The fourth-order valence-electron chi connectivity index (χ4n) is 2.41. The van der Waals surface area contributed by atoms with Gasteiger partial charge in [-0.3, -0.25) is 4.79 Å². The quantitative estimate of drug-likeness (QED) is 0.415. The van der Waals surface area contributed by atoms with Gasteiger partial charge < -0.3 is 4.74 Å². The van der Waals surface area contributed by atoms with Crippen LogP contribution in [0.15, 0.2) is 39.2 Å². The van der Waals surface area contributed by atoms with Crippen LogP contribution < -0.4 is 4.72 Å². The molecule has 12 heteroatoms. The number of carbonyl (C=O) groups is 1. The summed E-state index contributed by atoms with van der Waals surface area (Å²) < 4.78 is 28.7. The zero-order valence-corrected chi connectivity index (χ0v) is 19.9. The fourth-order valence-corrected chi connectivity index (χ4v) is 5.70. The molecule has 0 saturated carbocycles. The monoisotopic (exact) mass is 527 g/mol. The molecule has 5 nitrogen and oxygen atoms in total. The molecule has 1 aromatic rings. The second kappa shape index (κ2) is 8.40. The van der Waals surface area contributed by atoms with Gasteiger partial charge in [0.05, 0.1) is 9.93 Å². The first kappa shape index (κ1) is 24.5. The van der Waals surface area contributed by atoms with E-state index in [-0.39, 0.29) is 11.5 Å². The molecule has 1 N–H and O–H groups in total. The molecule has 0 radical (unpaired) electrons. The van der Waals surface area contributed by atoms with Crippen molar-refractivity contribution in [1.29, 1.82) is 0 Å². The topological polar surface area (TPSA) is 72.5 Å². The highest BCUT2D eigenvalue weighted by molar-refractivity contribution is 7.89. The van der Waals surface area contributed by atoms with Crippen LogP contribution in [0.25, 0.3) is 0 Å². The highest BCUT2D eigenvalue weighted by atomic mass is 35.5. The van der Waals surface area contributed by atoms with Crippen LogP contribution >= 0.6 is 69.6 Å². The maximum atomic E-state index is 13.0. The lowest BCUT2D eigenvalue weighted by molar-refractivity contribution is -0.120. The van der Waals surface area contributed by atoms with Gasteiger partial charge in [0.2, 0.25) is 30.2 Å². The van der Waals surface area contributed by atoms with Crippen molar-refractivity contribution >= 4 is 85.4 Å². The molecule has 156 valence electrons. The summed E-state index contributed by atoms with van der Waals surface area (Å²) in [4.78, 5) is 12.2. The van der Waals surface area contributed by atoms with Crippen molar-refractivity contribution in [2.45, 2.75) is 39.6 Å². The number of carbonyl (C=O) groups excluding carboxylic acids is 1. The molecule has 1 aromatic carbocycles. The number of rotatable bonds is 6. The van der Waals surface area contributed by atoms with Gasteiger partial charge >= 0.3 is 0 Å². The third-order valence-electron chi connectivity index (χ3n) is 3.95. The van der Waals surface area contributed by atoms with Crippen LogP contribution in [0.2, 0.25) is 0 Å². The van der Waals surface area contributed by atoms with Crippen molar-refractivity contribution in [1.82, 2.24) is 4.72 Å². The summed E-state index contributed by atoms with van der Waals surface area (Å²) in [5, 5.41) is -1.23. The molecular formula is C16H15Cl6NO4S. The van der Waals surface area contributed by atoms with E-state index in [1.54, 1.807) is 26.0 Å². The third kappa shape index (κ3) is 3.93. The first-order valence-corrected chi connectivity index (χ1v) is 11.6. The summed E-state index contributed by atoms with van der Waals surface area (Å²) in [6.07, 6.45) is 0.422. The van der Waals surface area contributed by atoms with Gasteiger partial charge in [-0.15, -0.1) is 0 Å². The van der Waals surface area contributed by atoms with Crippen LogP contribution in [0.5, 0.6) is 0 Å². The van der Waals surface area contributed by atoms with Gasteiger partial charge in [0.1, 0.15) is 5.03 Å². The largest absolute Gasteiger partial charge is 0.351 e. The predicted molar refractivity (Wildman–Crippen MR) is 113 cm³/mol. The van der Waals surface area contributed by atoms with E-state index in [2.05, 4.69) is 4.72 Å². The third-order valence-corrected chi connectivity index (χ3v) is 8.71. The van der Waals surface area contributed by atoms with Crippen molar-refractivity contribution in [3.05, 3.63) is 39.9 Å². The second-order valence-electron chi connectivity index (χ2n) is 6.05. The Hall–Kier alpha value is 0.240. The number of allylic oxidation sites excluding steroid dienone is 1. The number of Topliss-reactive ketones (excluding diaryl/α,β-unsaturated/α-hetero) is 1. The van der Waals surface area contributed by atoms with Gasteiger partial charge in [-0.1, -0.05) is 94.2 Å². The van der Waals surface area contributed by atoms with E-state index < -0.39 is 40.3 Å². The fraction of sp³-hybridized carbons (Fsp3) is 0.438. The van der Waals surface area contributed by atoms with Gasteiger partial charge in [0.15, 0.2) is 0 Å². The average Bonchev–Trinajstić information content (AvgIpc) is 2.62. The number of benzene rings is 1. The zero-order chi connectivity index (χ0) is 21.5. The molecule has 0 spiro atoms. The Morgan fingerprint density at radius 1 is 1.07 bits per heavy atom. The predicted octanol–water partition coefficient (Wildman–Crippen LogP) is 5.02. The Morgan fingerprint density at radius 2 is 1.61 bits per heavy atom. The van der Waals surface area contributed by atoms with E-state index in [1.165, 1.54) is 12.1 Å². The molecular weight excluding hydrogens is 515 g/mol. The minimum atomic E-state index is -4.31. The van der Waals surface area contributed by atoms with Crippen molar-refractivity contribution < 1.29 is 17.9 Å². The zero-order valence-electron chi connectivity index (χ0n) is 14.5. The Kier molecular flexibility index (Phi) is 7.36. The maximum Gasteiger partial charge on any atom is 0.243 e. The molecule has 0 aliphatic heterocycles. The minimum Gasteiger partial charge on any atom is -0.351 e. The maximum absolute atomic E-state index is 13.0. The molecule has 1 aliphatic rings. The number of sulfonamides is 1. The Bertz CT molecular complexity index is 914. The molecule has 2 rings (SSSR count). The summed E-state index contributed by atoms with van der Waals surface area (Å²) in [5.41, 5.74) is -1.59. The lowest BCUT2D eigenvalue weighted by Crippen LogP contribution is -2.71. The number of nitrogens with one attached hydrogen (secondary N) is 1. The molecule has 1 unspecified atom stereocenters. The van der Waals surface area contributed by atoms with Crippen LogP contribution in [0.3, 0.4) is 0 Å². The molecule has 0 aromatic heterocycles. The summed E-state index contributed by atoms with van der Waals surface area (Å²) in [6, 6.07) is 5.89. The summed E-state index contributed by atoms with van der Waals surface area (Å²) in [5.74, 6) is -1.09. The first-order chi connectivity index (χ1) is 12.7. The van der Waals surface area contributed by atoms with Crippen molar-refractivity contribution in [3.63, 3.8) is 0 Å². The summed E-state index contributed by atoms with van der Waals surface area (Å²) in [7, 11) is -4.31. The Balaban J connectivity index is 2.72. The molecule has 0 saturated heterocycles. The number of ketones is 1.